The van der Waals surface area contributed by atoms with Gasteiger partial charge in [0, 0.05) is 19.2 Å². The Hall–Kier alpha value is -2.43. The highest BCUT2D eigenvalue weighted by atomic mass is 16.2. The number of hydrogen-bond donors (Lipinski definition) is 1. The molecule has 1 N–H and O–H groups in total. The monoisotopic (exact) mass is 282 g/mol. The van der Waals surface area contributed by atoms with Gasteiger partial charge in [0.2, 0.25) is 11.9 Å². The highest BCUT2D eigenvalue weighted by Crippen LogP contribution is 2.21. The summed E-state index contributed by atoms with van der Waals surface area (Å²) < 4.78 is 0. The topological polar surface area (TPSA) is 58.1 Å². The van der Waals surface area contributed by atoms with Crippen molar-refractivity contribution in [3.8, 4) is 0 Å². The van der Waals surface area contributed by atoms with E-state index in [2.05, 4.69) is 34.3 Å². The first-order valence-corrected chi connectivity index (χ1v) is 7.19. The van der Waals surface area contributed by atoms with E-state index in [0.29, 0.717) is 18.2 Å². The molecule has 3 rings (SSSR count). The summed E-state index contributed by atoms with van der Waals surface area (Å²) in [6.07, 6.45) is 3.19. The third-order valence-electron chi connectivity index (χ3n) is 3.64. The van der Waals surface area contributed by atoms with Crippen LogP contribution in [0.4, 0.5) is 11.8 Å². The van der Waals surface area contributed by atoms with Gasteiger partial charge in [-0.25, -0.2) is 4.98 Å². The van der Waals surface area contributed by atoms with Crippen molar-refractivity contribution in [1.29, 1.82) is 0 Å². The minimum atomic E-state index is 0.107. The number of aromatic nitrogens is 2. The third kappa shape index (κ3) is 3.02. The molecular formula is C16H18N4O. The number of nitrogens with one attached hydrogen (secondary N) is 1. The predicted octanol–water partition coefficient (Wildman–Crippen LogP) is 2.78. The maximum atomic E-state index is 11.8. The summed E-state index contributed by atoms with van der Waals surface area (Å²) in [6.45, 7) is 2.80. The van der Waals surface area contributed by atoms with Crippen molar-refractivity contribution in [2.45, 2.75) is 25.8 Å². The molecular weight excluding hydrogens is 264 g/mol. The van der Waals surface area contributed by atoms with E-state index in [0.717, 1.165) is 13.0 Å². The Morgan fingerprint density at radius 3 is 2.76 bits per heavy atom. The van der Waals surface area contributed by atoms with Gasteiger partial charge in [-0.3, -0.25) is 9.69 Å². The summed E-state index contributed by atoms with van der Waals surface area (Å²) in [5.74, 6) is 1.36. The van der Waals surface area contributed by atoms with Crippen molar-refractivity contribution in [2.24, 2.45) is 0 Å². The summed E-state index contributed by atoms with van der Waals surface area (Å²) in [6, 6.07) is 12.0. The van der Waals surface area contributed by atoms with Gasteiger partial charge in [-0.1, -0.05) is 30.3 Å². The first-order valence-electron chi connectivity index (χ1n) is 7.19. The number of benzene rings is 1. The van der Waals surface area contributed by atoms with Crippen LogP contribution < -0.4 is 10.2 Å². The number of rotatable bonds is 4. The SMILES string of the molecule is C[C@@H](Nc1nccc(N2CCCC2=O)n1)c1ccccc1. The largest absolute Gasteiger partial charge is 0.348 e. The molecule has 0 aliphatic carbocycles. The standard InChI is InChI=1S/C16H18N4O/c1-12(13-6-3-2-4-7-13)18-16-17-10-9-14(19-16)20-11-5-8-15(20)21/h2-4,6-7,9-10,12H,5,8,11H2,1H3,(H,17,18,19)/t12-/m1/s1. The second kappa shape index (κ2) is 5.91. The molecule has 1 aromatic heterocycles. The lowest BCUT2D eigenvalue weighted by Gasteiger charge is -2.17. The Morgan fingerprint density at radius 1 is 1.24 bits per heavy atom. The summed E-state index contributed by atoms with van der Waals surface area (Å²) >= 11 is 0. The Kier molecular flexibility index (Phi) is 3.81. The fraction of sp³-hybridized carbons (Fsp3) is 0.312. The van der Waals surface area contributed by atoms with E-state index in [1.54, 1.807) is 17.2 Å². The molecule has 1 fully saturated rings. The summed E-state index contributed by atoms with van der Waals surface area (Å²) in [5, 5.41) is 3.28. The van der Waals surface area contributed by atoms with E-state index in [1.807, 2.05) is 18.2 Å². The van der Waals surface area contributed by atoms with Crippen molar-refractivity contribution in [1.82, 2.24) is 9.97 Å². The molecule has 2 aromatic rings. The van der Waals surface area contributed by atoms with Gasteiger partial charge in [0.05, 0.1) is 6.04 Å². The molecule has 1 saturated heterocycles. The summed E-state index contributed by atoms with van der Waals surface area (Å²) in [5.41, 5.74) is 1.17. The lowest BCUT2D eigenvalue weighted by atomic mass is 10.1. The molecule has 0 saturated carbocycles. The van der Waals surface area contributed by atoms with Crippen molar-refractivity contribution in [3.05, 3.63) is 48.2 Å². The zero-order chi connectivity index (χ0) is 14.7. The first kappa shape index (κ1) is 13.5. The highest BCUT2D eigenvalue weighted by molar-refractivity contribution is 5.94. The van der Waals surface area contributed by atoms with E-state index in [4.69, 9.17) is 0 Å². The van der Waals surface area contributed by atoms with Crippen LogP contribution in [0.1, 0.15) is 31.4 Å². The fourth-order valence-corrected chi connectivity index (χ4v) is 2.48. The van der Waals surface area contributed by atoms with Crippen molar-refractivity contribution >= 4 is 17.7 Å². The third-order valence-corrected chi connectivity index (χ3v) is 3.64. The smallest absolute Gasteiger partial charge is 0.228 e. The van der Waals surface area contributed by atoms with Crippen LogP contribution in [0.15, 0.2) is 42.6 Å². The molecule has 0 radical (unpaired) electrons. The van der Waals surface area contributed by atoms with Crippen LogP contribution in [0.25, 0.3) is 0 Å². The van der Waals surface area contributed by atoms with Crippen LogP contribution in [0.5, 0.6) is 0 Å². The predicted molar refractivity (Wildman–Crippen MR) is 82.1 cm³/mol. The Bertz CT molecular complexity index is 629. The van der Waals surface area contributed by atoms with Crippen LogP contribution in [0.3, 0.4) is 0 Å². The number of hydrogen-bond acceptors (Lipinski definition) is 4. The second-order valence-corrected chi connectivity index (χ2v) is 5.16. The van der Waals surface area contributed by atoms with E-state index in [9.17, 15) is 4.79 Å². The van der Waals surface area contributed by atoms with Crippen molar-refractivity contribution in [2.75, 3.05) is 16.8 Å². The minimum absolute atomic E-state index is 0.107. The molecule has 1 aromatic carbocycles. The molecule has 0 spiro atoms. The lowest BCUT2D eigenvalue weighted by molar-refractivity contribution is -0.117. The van der Waals surface area contributed by atoms with E-state index in [1.165, 1.54) is 5.56 Å². The van der Waals surface area contributed by atoms with Gasteiger partial charge < -0.3 is 5.32 Å². The molecule has 0 bridgehead atoms. The average molecular weight is 282 g/mol. The van der Waals surface area contributed by atoms with Crippen LogP contribution >= 0.6 is 0 Å². The Morgan fingerprint density at radius 2 is 2.05 bits per heavy atom. The molecule has 0 unspecified atom stereocenters. The van der Waals surface area contributed by atoms with Crippen LogP contribution in [0, 0.1) is 0 Å². The molecule has 108 valence electrons. The van der Waals surface area contributed by atoms with E-state index >= 15 is 0 Å². The summed E-state index contributed by atoms with van der Waals surface area (Å²) in [4.78, 5) is 22.2. The highest BCUT2D eigenvalue weighted by Gasteiger charge is 2.23. The molecule has 1 atom stereocenters. The van der Waals surface area contributed by atoms with Crippen molar-refractivity contribution < 1.29 is 4.79 Å². The molecule has 1 aliphatic heterocycles. The van der Waals surface area contributed by atoms with Gasteiger partial charge >= 0.3 is 0 Å². The number of carbonyl (C=O) groups excluding carboxylic acids is 1. The van der Waals surface area contributed by atoms with Gasteiger partial charge in [-0.2, -0.15) is 4.98 Å². The van der Waals surface area contributed by atoms with Gasteiger partial charge in [0.1, 0.15) is 5.82 Å². The van der Waals surface area contributed by atoms with Crippen LogP contribution in [-0.2, 0) is 4.79 Å². The molecule has 5 heteroatoms. The Balaban J connectivity index is 1.76. The van der Waals surface area contributed by atoms with Crippen LogP contribution in [-0.4, -0.2) is 22.4 Å². The maximum absolute atomic E-state index is 11.8. The zero-order valence-electron chi connectivity index (χ0n) is 12.0. The molecule has 1 amide bonds. The molecule has 1 aliphatic rings. The second-order valence-electron chi connectivity index (χ2n) is 5.16. The number of carbonyl (C=O) groups is 1. The molecule has 2 heterocycles. The number of amides is 1. The van der Waals surface area contributed by atoms with Gasteiger partial charge in [-0.15, -0.1) is 0 Å². The van der Waals surface area contributed by atoms with E-state index in [-0.39, 0.29) is 11.9 Å². The van der Waals surface area contributed by atoms with Crippen LogP contribution in [0.2, 0.25) is 0 Å². The van der Waals surface area contributed by atoms with Crippen molar-refractivity contribution in [3.63, 3.8) is 0 Å². The Labute approximate surface area is 124 Å². The lowest BCUT2D eigenvalue weighted by Crippen LogP contribution is -2.25. The molecule has 5 nitrogen and oxygen atoms in total. The maximum Gasteiger partial charge on any atom is 0.228 e. The fourth-order valence-electron chi connectivity index (χ4n) is 2.48. The van der Waals surface area contributed by atoms with Gasteiger partial charge in [-0.05, 0) is 25.0 Å². The average Bonchev–Trinajstić information content (AvgIpc) is 2.94. The van der Waals surface area contributed by atoms with Gasteiger partial charge in [0.25, 0.3) is 0 Å². The number of anilines is 2. The quantitative estimate of drug-likeness (QED) is 0.936. The van der Waals surface area contributed by atoms with Gasteiger partial charge in [0.15, 0.2) is 0 Å². The van der Waals surface area contributed by atoms with E-state index < -0.39 is 0 Å². The normalized spacial score (nSPS) is 16.0. The minimum Gasteiger partial charge on any atom is -0.348 e. The first-order chi connectivity index (χ1) is 10.2. The molecule has 21 heavy (non-hydrogen) atoms. The summed E-state index contributed by atoms with van der Waals surface area (Å²) in [7, 11) is 0. The number of nitrogens with zero attached hydrogens (tertiary/aromatic N) is 3. The zero-order valence-corrected chi connectivity index (χ0v) is 12.0.